The van der Waals surface area contributed by atoms with E-state index < -0.39 is 30.4 Å². The molecule has 7 nitrogen and oxygen atoms in total. The van der Waals surface area contributed by atoms with E-state index in [9.17, 15) is 14.3 Å². The lowest BCUT2D eigenvalue weighted by molar-refractivity contribution is -0.142. The average Bonchev–Trinajstić information content (AvgIpc) is 3.22. The van der Waals surface area contributed by atoms with Gasteiger partial charge < -0.3 is 20.1 Å². The molecule has 3 unspecified atom stereocenters. The van der Waals surface area contributed by atoms with Gasteiger partial charge in [0.05, 0.1) is 24.8 Å². The Labute approximate surface area is 213 Å². The van der Waals surface area contributed by atoms with Gasteiger partial charge in [-0.25, -0.2) is 9.37 Å². The molecule has 0 saturated heterocycles. The highest BCUT2D eigenvalue weighted by Gasteiger charge is 2.40. The summed E-state index contributed by atoms with van der Waals surface area (Å²) in [4.78, 5) is 21.2. The minimum Gasteiger partial charge on any atom is -0.481 e. The van der Waals surface area contributed by atoms with Crippen LogP contribution in [0, 0.1) is 11.7 Å². The third-order valence-electron chi connectivity index (χ3n) is 6.68. The number of nitrogens with zero attached hydrogens (tertiary/aromatic N) is 2. The fraction of sp³-hybridized carbons (Fsp3) is 0.462. The molecule has 3 aromatic rings. The number of aromatic amines is 1. The van der Waals surface area contributed by atoms with Crippen molar-refractivity contribution >= 4 is 28.5 Å². The number of benzene rings is 1. The van der Waals surface area contributed by atoms with Crippen LogP contribution in [0.5, 0.6) is 5.88 Å². The fourth-order valence-electron chi connectivity index (χ4n) is 4.85. The number of carboxylic acids is 1. The van der Waals surface area contributed by atoms with Crippen LogP contribution in [0.3, 0.4) is 0 Å². The van der Waals surface area contributed by atoms with Gasteiger partial charge in [0.1, 0.15) is 17.4 Å². The van der Waals surface area contributed by atoms with Crippen molar-refractivity contribution < 1.29 is 23.4 Å². The number of nitrogens with one attached hydrogen (secondary N) is 2. The van der Waals surface area contributed by atoms with Crippen molar-refractivity contribution in [1.29, 1.82) is 0 Å². The van der Waals surface area contributed by atoms with Crippen molar-refractivity contribution in [2.24, 2.45) is 5.92 Å². The lowest BCUT2D eigenvalue weighted by Crippen LogP contribution is -2.46. The number of fused-ring (bicyclic) bond motifs is 3. The first-order valence-electron chi connectivity index (χ1n) is 12.1. The summed E-state index contributed by atoms with van der Waals surface area (Å²) in [6.07, 6.45) is 2.19. The number of rotatable bonds is 11. The van der Waals surface area contributed by atoms with E-state index in [1.54, 1.807) is 6.92 Å². The molecule has 1 aliphatic rings. The first kappa shape index (κ1) is 26.3. The molecule has 3 N–H and O–H groups in total. The molecule has 194 valence electrons. The predicted molar refractivity (Wildman–Crippen MR) is 135 cm³/mol. The molecule has 0 radical (unpaired) electrons. The second-order valence-corrected chi connectivity index (χ2v) is 9.61. The molecule has 4 rings (SSSR count). The summed E-state index contributed by atoms with van der Waals surface area (Å²) in [5.74, 6) is -2.09. The van der Waals surface area contributed by atoms with Gasteiger partial charge in [-0.2, -0.15) is 0 Å². The van der Waals surface area contributed by atoms with E-state index in [4.69, 9.17) is 16.3 Å². The average molecular weight is 521 g/mol. The Kier molecular flexibility index (Phi) is 8.43. The minimum absolute atomic E-state index is 0.0513. The topological polar surface area (TPSA) is 90.5 Å². The number of carbonyl (C=O) groups is 1. The standard InChI is InChI=1S/C26H31ClF2N4O3/c1-15(26(34)35)14-33-16(2)12-18-17-6-3-4-7-20(17)32-23(18)24(33)21-19(29)13-31-25(22(21)27)36-11-10-30-9-5-8-28/h3-4,6-7,13,15-16,24,30,32H,5,8-12,14H2,1-2H3,(H,34,35). The second kappa shape index (κ2) is 11.5. The van der Waals surface area contributed by atoms with Crippen LogP contribution < -0.4 is 10.1 Å². The van der Waals surface area contributed by atoms with Gasteiger partial charge in [-0.15, -0.1) is 0 Å². The smallest absolute Gasteiger partial charge is 0.307 e. The highest BCUT2D eigenvalue weighted by atomic mass is 35.5. The van der Waals surface area contributed by atoms with Crippen LogP contribution >= 0.6 is 11.6 Å². The Balaban J connectivity index is 1.75. The summed E-state index contributed by atoms with van der Waals surface area (Å²) in [7, 11) is 0. The van der Waals surface area contributed by atoms with E-state index in [2.05, 4.69) is 15.3 Å². The highest BCUT2D eigenvalue weighted by Crippen LogP contribution is 2.45. The Hall–Kier alpha value is -2.75. The van der Waals surface area contributed by atoms with Crippen molar-refractivity contribution in [1.82, 2.24) is 20.2 Å². The van der Waals surface area contributed by atoms with Gasteiger partial charge in [-0.05, 0) is 37.9 Å². The van der Waals surface area contributed by atoms with E-state index in [0.29, 0.717) is 25.9 Å². The van der Waals surface area contributed by atoms with Gasteiger partial charge in [-0.1, -0.05) is 36.7 Å². The monoisotopic (exact) mass is 520 g/mol. The summed E-state index contributed by atoms with van der Waals surface area (Å²) in [5.41, 5.74) is 2.98. The molecular weight excluding hydrogens is 490 g/mol. The van der Waals surface area contributed by atoms with Gasteiger partial charge in [0.2, 0.25) is 5.88 Å². The quantitative estimate of drug-likeness (QED) is 0.316. The summed E-state index contributed by atoms with van der Waals surface area (Å²) in [5, 5.41) is 13.8. The zero-order valence-electron chi connectivity index (χ0n) is 20.4. The van der Waals surface area contributed by atoms with Crippen molar-refractivity contribution in [3.05, 3.63) is 58.1 Å². The summed E-state index contributed by atoms with van der Waals surface area (Å²) >= 11 is 6.73. The summed E-state index contributed by atoms with van der Waals surface area (Å²) < 4.78 is 33.5. The van der Waals surface area contributed by atoms with E-state index >= 15 is 4.39 Å². The van der Waals surface area contributed by atoms with E-state index in [-0.39, 0.29) is 35.7 Å². The van der Waals surface area contributed by atoms with E-state index in [1.807, 2.05) is 36.1 Å². The molecule has 0 bridgehead atoms. The third-order valence-corrected chi connectivity index (χ3v) is 7.04. The van der Waals surface area contributed by atoms with Crippen LogP contribution in [0.15, 0.2) is 30.5 Å². The molecule has 0 amide bonds. The molecule has 0 aliphatic carbocycles. The fourth-order valence-corrected chi connectivity index (χ4v) is 5.14. The molecule has 0 spiro atoms. The maximum absolute atomic E-state index is 15.5. The van der Waals surface area contributed by atoms with Gasteiger partial charge in [0.25, 0.3) is 0 Å². The number of H-pyrrole nitrogens is 1. The first-order valence-corrected chi connectivity index (χ1v) is 12.5. The molecule has 36 heavy (non-hydrogen) atoms. The van der Waals surface area contributed by atoms with Crippen molar-refractivity contribution in [3.63, 3.8) is 0 Å². The van der Waals surface area contributed by atoms with Crippen molar-refractivity contribution in [2.75, 3.05) is 32.9 Å². The molecule has 0 saturated carbocycles. The van der Waals surface area contributed by atoms with Crippen molar-refractivity contribution in [2.45, 2.75) is 38.8 Å². The molecule has 2 aromatic heterocycles. The number of aromatic nitrogens is 2. The van der Waals surface area contributed by atoms with Crippen LogP contribution in [0.1, 0.15) is 43.1 Å². The number of aliphatic carboxylic acids is 1. The molecular formula is C26H31ClF2N4O3. The number of halogens is 3. The maximum Gasteiger partial charge on any atom is 0.307 e. The Morgan fingerprint density at radius 2 is 2.17 bits per heavy atom. The van der Waals surface area contributed by atoms with Crippen LogP contribution in [-0.4, -0.2) is 64.9 Å². The van der Waals surface area contributed by atoms with Crippen molar-refractivity contribution in [3.8, 4) is 5.88 Å². The van der Waals surface area contributed by atoms with Gasteiger partial charge >= 0.3 is 5.97 Å². The van der Waals surface area contributed by atoms with Gasteiger partial charge in [0, 0.05) is 41.3 Å². The number of pyridine rings is 1. The number of ether oxygens (including phenoxy) is 1. The molecule has 1 aromatic carbocycles. The predicted octanol–water partition coefficient (Wildman–Crippen LogP) is 4.74. The largest absolute Gasteiger partial charge is 0.481 e. The molecule has 0 fully saturated rings. The second-order valence-electron chi connectivity index (χ2n) is 9.23. The number of hydrogen-bond acceptors (Lipinski definition) is 5. The Bertz CT molecular complexity index is 1220. The van der Waals surface area contributed by atoms with Crippen LogP contribution in [0.4, 0.5) is 8.78 Å². The zero-order valence-corrected chi connectivity index (χ0v) is 21.1. The van der Waals surface area contributed by atoms with Crippen LogP contribution in [-0.2, 0) is 11.2 Å². The lowest BCUT2D eigenvalue weighted by Gasteiger charge is -2.42. The number of hydrogen-bond donors (Lipinski definition) is 3. The molecule has 10 heteroatoms. The highest BCUT2D eigenvalue weighted by molar-refractivity contribution is 6.32. The van der Waals surface area contributed by atoms with Crippen LogP contribution in [0.2, 0.25) is 5.02 Å². The first-order chi connectivity index (χ1) is 17.3. The number of alkyl halides is 1. The maximum atomic E-state index is 15.5. The third kappa shape index (κ3) is 5.33. The van der Waals surface area contributed by atoms with E-state index in [0.717, 1.165) is 28.4 Å². The zero-order chi connectivity index (χ0) is 25.8. The molecule has 3 atom stereocenters. The van der Waals surface area contributed by atoms with Crippen LogP contribution in [0.25, 0.3) is 10.9 Å². The SMILES string of the molecule is CC(CN1C(C)Cc2c([nH]c3ccccc23)C1c1c(F)cnc(OCCNCCCF)c1Cl)C(=O)O. The number of para-hydroxylation sites is 1. The van der Waals surface area contributed by atoms with E-state index in [1.165, 1.54) is 0 Å². The lowest BCUT2D eigenvalue weighted by atomic mass is 9.88. The summed E-state index contributed by atoms with van der Waals surface area (Å²) in [6, 6.07) is 7.16. The summed E-state index contributed by atoms with van der Waals surface area (Å²) in [6.45, 7) is 4.68. The molecule has 1 aliphatic heterocycles. The van der Waals surface area contributed by atoms with Gasteiger partial charge in [0.15, 0.2) is 0 Å². The normalized spacial score (nSPS) is 18.8. The minimum atomic E-state index is -0.922. The Morgan fingerprint density at radius 3 is 2.92 bits per heavy atom. The number of carboxylic acid groups (broad SMARTS) is 1. The Morgan fingerprint density at radius 1 is 1.39 bits per heavy atom. The van der Waals surface area contributed by atoms with Gasteiger partial charge in [-0.3, -0.25) is 14.1 Å². The molecule has 3 heterocycles.